The lowest BCUT2D eigenvalue weighted by molar-refractivity contribution is -0.120. The molecule has 1 fully saturated rings. The molecule has 1 saturated heterocycles. The van der Waals surface area contributed by atoms with E-state index in [2.05, 4.69) is 10.6 Å². The molecule has 3 N–H and O–H groups in total. The predicted octanol–water partition coefficient (Wildman–Crippen LogP) is 1.21. The number of benzene rings is 1. The van der Waals surface area contributed by atoms with Gasteiger partial charge in [-0.1, -0.05) is 11.6 Å². The van der Waals surface area contributed by atoms with E-state index in [-0.39, 0.29) is 28.5 Å². The molecule has 0 bridgehead atoms. The van der Waals surface area contributed by atoms with E-state index < -0.39 is 5.97 Å². The van der Waals surface area contributed by atoms with Crippen molar-refractivity contribution in [1.29, 1.82) is 0 Å². The molecule has 2 atom stereocenters. The molecule has 2 unspecified atom stereocenters. The molecule has 0 aromatic heterocycles. The van der Waals surface area contributed by atoms with Crippen molar-refractivity contribution < 1.29 is 19.4 Å². The molecule has 2 rings (SSSR count). The minimum Gasteiger partial charge on any atom is -0.478 e. The van der Waals surface area contributed by atoms with E-state index in [1.165, 1.54) is 18.2 Å². The van der Waals surface area contributed by atoms with Gasteiger partial charge in [-0.25, -0.2) is 4.79 Å². The lowest BCUT2D eigenvalue weighted by Gasteiger charge is -2.17. The Morgan fingerprint density at radius 2 is 2.15 bits per heavy atom. The normalized spacial score (nSPS) is 21.7. The van der Waals surface area contributed by atoms with Gasteiger partial charge in [0.2, 0.25) is 5.91 Å². The first-order valence-electron chi connectivity index (χ1n) is 6.11. The summed E-state index contributed by atoms with van der Waals surface area (Å²) in [7, 11) is 1.77. The number of carbonyl (C=O) groups is 2. The first kappa shape index (κ1) is 14.8. The first-order valence-corrected chi connectivity index (χ1v) is 6.49. The highest BCUT2D eigenvalue weighted by molar-refractivity contribution is 6.34. The van der Waals surface area contributed by atoms with Gasteiger partial charge in [0.1, 0.15) is 0 Å². The van der Waals surface area contributed by atoms with Gasteiger partial charge >= 0.3 is 5.97 Å². The molecule has 1 aromatic carbocycles. The van der Waals surface area contributed by atoms with Crippen molar-refractivity contribution in [3.63, 3.8) is 0 Å². The van der Waals surface area contributed by atoms with Gasteiger partial charge in [-0.05, 0) is 25.2 Å². The van der Waals surface area contributed by atoms with Gasteiger partial charge in [0.25, 0.3) is 0 Å². The summed E-state index contributed by atoms with van der Waals surface area (Å²) in [6.07, 6.45) is 0. The Labute approximate surface area is 121 Å². The van der Waals surface area contributed by atoms with Gasteiger partial charge in [0, 0.05) is 6.04 Å². The fraction of sp³-hybridized carbons (Fsp3) is 0.385. The van der Waals surface area contributed by atoms with Crippen LogP contribution in [0.5, 0.6) is 0 Å². The van der Waals surface area contributed by atoms with E-state index in [9.17, 15) is 9.59 Å². The van der Waals surface area contributed by atoms with Crippen LogP contribution < -0.4 is 10.6 Å². The quantitative estimate of drug-likeness (QED) is 0.778. The van der Waals surface area contributed by atoms with E-state index in [0.29, 0.717) is 18.9 Å². The van der Waals surface area contributed by atoms with Gasteiger partial charge in [-0.3, -0.25) is 4.79 Å². The zero-order valence-corrected chi connectivity index (χ0v) is 11.6. The molecule has 6 nitrogen and oxygen atoms in total. The zero-order valence-electron chi connectivity index (χ0n) is 10.9. The third-order valence-electron chi connectivity index (χ3n) is 3.26. The molecule has 0 spiro atoms. The Morgan fingerprint density at radius 1 is 1.40 bits per heavy atom. The molecule has 0 saturated carbocycles. The summed E-state index contributed by atoms with van der Waals surface area (Å²) in [4.78, 5) is 23.0. The van der Waals surface area contributed by atoms with Crippen LogP contribution in [0.3, 0.4) is 0 Å². The van der Waals surface area contributed by atoms with Crippen molar-refractivity contribution in [3.05, 3.63) is 28.8 Å². The van der Waals surface area contributed by atoms with Crippen molar-refractivity contribution >= 4 is 29.2 Å². The fourth-order valence-corrected chi connectivity index (χ4v) is 2.30. The molecule has 108 valence electrons. The number of likely N-dealkylation sites (N-methyl/N-ethyl adjacent to an activating group) is 1. The second-order valence-electron chi connectivity index (χ2n) is 4.53. The van der Waals surface area contributed by atoms with Crippen LogP contribution in [0.2, 0.25) is 5.02 Å². The lowest BCUT2D eigenvalue weighted by Crippen LogP contribution is -2.39. The Balaban J connectivity index is 2.10. The molecule has 7 heteroatoms. The highest BCUT2D eigenvalue weighted by Crippen LogP contribution is 2.25. The Bertz CT molecular complexity index is 535. The average Bonchev–Trinajstić information content (AvgIpc) is 2.89. The van der Waals surface area contributed by atoms with Crippen LogP contribution in [-0.2, 0) is 9.53 Å². The number of hydrogen-bond donors (Lipinski definition) is 3. The molecule has 1 aliphatic rings. The van der Waals surface area contributed by atoms with Crippen LogP contribution in [-0.4, -0.2) is 43.3 Å². The second-order valence-corrected chi connectivity index (χ2v) is 4.94. The summed E-state index contributed by atoms with van der Waals surface area (Å²) >= 11 is 5.97. The van der Waals surface area contributed by atoms with Crippen LogP contribution >= 0.6 is 11.6 Å². The standard InChI is InChI=1S/C13H15ClN2O4/c1-15-11-6-20-5-8(11)12(17)16-10-3-2-7(13(18)19)4-9(10)14/h2-4,8,11,15H,5-6H2,1H3,(H,16,17)(H,18,19). The monoisotopic (exact) mass is 298 g/mol. The van der Waals surface area contributed by atoms with E-state index in [1.54, 1.807) is 7.05 Å². The topological polar surface area (TPSA) is 87.7 Å². The SMILES string of the molecule is CNC1COCC1C(=O)Nc1ccc(C(=O)O)cc1Cl. The van der Waals surface area contributed by atoms with Gasteiger partial charge in [-0.15, -0.1) is 0 Å². The Morgan fingerprint density at radius 3 is 2.75 bits per heavy atom. The van der Waals surface area contributed by atoms with Crippen molar-refractivity contribution in [2.24, 2.45) is 5.92 Å². The van der Waals surface area contributed by atoms with Crippen LogP contribution in [0.25, 0.3) is 0 Å². The number of hydrogen-bond acceptors (Lipinski definition) is 4. The first-order chi connectivity index (χ1) is 9.52. The smallest absolute Gasteiger partial charge is 0.335 e. The summed E-state index contributed by atoms with van der Waals surface area (Å²) in [6.45, 7) is 0.836. The number of amides is 1. The van der Waals surface area contributed by atoms with E-state index in [0.717, 1.165) is 0 Å². The third kappa shape index (κ3) is 3.09. The van der Waals surface area contributed by atoms with Crippen LogP contribution in [0.1, 0.15) is 10.4 Å². The molecule has 1 aromatic rings. The van der Waals surface area contributed by atoms with Crippen molar-refractivity contribution in [2.75, 3.05) is 25.6 Å². The second kappa shape index (κ2) is 6.21. The van der Waals surface area contributed by atoms with Crippen molar-refractivity contribution in [3.8, 4) is 0 Å². The van der Waals surface area contributed by atoms with Crippen molar-refractivity contribution in [2.45, 2.75) is 6.04 Å². The Hall–Kier alpha value is -1.63. The maximum absolute atomic E-state index is 12.1. The van der Waals surface area contributed by atoms with Crippen LogP contribution in [0.4, 0.5) is 5.69 Å². The molecule has 0 radical (unpaired) electrons. The number of anilines is 1. The fourth-order valence-electron chi connectivity index (χ4n) is 2.07. The number of carboxylic acids is 1. The number of halogens is 1. The largest absolute Gasteiger partial charge is 0.478 e. The number of nitrogens with one attached hydrogen (secondary N) is 2. The number of aromatic carboxylic acids is 1. The molecule has 1 amide bonds. The summed E-state index contributed by atoms with van der Waals surface area (Å²) in [5.74, 6) is -1.56. The summed E-state index contributed by atoms with van der Waals surface area (Å²) in [5.41, 5.74) is 0.466. The summed E-state index contributed by atoms with van der Waals surface area (Å²) < 4.78 is 5.27. The number of carboxylic acid groups (broad SMARTS) is 1. The number of carbonyl (C=O) groups excluding carboxylic acids is 1. The number of ether oxygens (including phenoxy) is 1. The Kier molecular flexibility index (Phi) is 4.59. The van der Waals surface area contributed by atoms with Gasteiger partial charge in [0.05, 0.1) is 35.4 Å². The average molecular weight is 299 g/mol. The third-order valence-corrected chi connectivity index (χ3v) is 3.57. The van der Waals surface area contributed by atoms with Crippen molar-refractivity contribution in [1.82, 2.24) is 5.32 Å². The maximum atomic E-state index is 12.1. The minimum absolute atomic E-state index is 0.0351. The van der Waals surface area contributed by atoms with Gasteiger partial charge in [-0.2, -0.15) is 0 Å². The summed E-state index contributed by atoms with van der Waals surface area (Å²) in [5, 5.41) is 14.8. The van der Waals surface area contributed by atoms with Gasteiger partial charge < -0.3 is 20.5 Å². The van der Waals surface area contributed by atoms with E-state index in [1.807, 2.05) is 0 Å². The van der Waals surface area contributed by atoms with Crippen LogP contribution in [0.15, 0.2) is 18.2 Å². The van der Waals surface area contributed by atoms with Gasteiger partial charge in [0.15, 0.2) is 0 Å². The molecule has 20 heavy (non-hydrogen) atoms. The zero-order chi connectivity index (χ0) is 14.7. The highest BCUT2D eigenvalue weighted by atomic mass is 35.5. The van der Waals surface area contributed by atoms with Crippen LogP contribution in [0, 0.1) is 5.92 Å². The molecular weight excluding hydrogens is 284 g/mol. The maximum Gasteiger partial charge on any atom is 0.335 e. The van der Waals surface area contributed by atoms with E-state index in [4.69, 9.17) is 21.4 Å². The van der Waals surface area contributed by atoms with E-state index >= 15 is 0 Å². The molecular formula is C13H15ClN2O4. The number of rotatable bonds is 4. The lowest BCUT2D eigenvalue weighted by atomic mass is 10.0. The molecule has 1 aliphatic heterocycles. The summed E-state index contributed by atoms with van der Waals surface area (Å²) in [6, 6.07) is 4.14. The molecule has 0 aliphatic carbocycles. The minimum atomic E-state index is -1.07. The highest BCUT2D eigenvalue weighted by Gasteiger charge is 2.33. The predicted molar refractivity (Wildman–Crippen MR) is 74.2 cm³/mol. The molecule has 1 heterocycles.